The number of fused-ring (bicyclic) bond motifs is 1. The molecule has 6 heteroatoms. The molecule has 0 aliphatic rings. The second-order valence-corrected chi connectivity index (χ2v) is 4.26. The van der Waals surface area contributed by atoms with E-state index in [4.69, 9.17) is 11.6 Å². The van der Waals surface area contributed by atoms with E-state index in [0.717, 1.165) is 30.9 Å². The maximum absolute atomic E-state index is 6.13. The molecule has 2 rings (SSSR count). The number of nitrogens with zero attached hydrogens (tertiary/aromatic N) is 5. The van der Waals surface area contributed by atoms with Crippen molar-refractivity contribution in [3.05, 3.63) is 17.0 Å². The van der Waals surface area contributed by atoms with Crippen LogP contribution in [0.1, 0.15) is 25.8 Å². The van der Waals surface area contributed by atoms with Gasteiger partial charge in [0.05, 0.1) is 0 Å². The first kappa shape index (κ1) is 12.1. The summed E-state index contributed by atoms with van der Waals surface area (Å²) < 4.78 is 1.75. The van der Waals surface area contributed by atoms with Gasteiger partial charge in [-0.05, 0) is 20.3 Å². The normalized spacial score (nSPS) is 11.1. The summed E-state index contributed by atoms with van der Waals surface area (Å²) in [5, 5.41) is 4.71. The molecule has 0 atom stereocenters. The topological polar surface area (TPSA) is 46.3 Å². The van der Waals surface area contributed by atoms with Gasteiger partial charge in [-0.1, -0.05) is 18.5 Å². The van der Waals surface area contributed by atoms with Crippen LogP contribution in [0.2, 0.25) is 5.15 Å². The Morgan fingerprint density at radius 3 is 2.82 bits per heavy atom. The van der Waals surface area contributed by atoms with E-state index in [-0.39, 0.29) is 0 Å². The Morgan fingerprint density at radius 1 is 1.41 bits per heavy atom. The molecule has 0 spiro atoms. The van der Waals surface area contributed by atoms with Crippen LogP contribution in [0.3, 0.4) is 0 Å². The van der Waals surface area contributed by atoms with Crippen LogP contribution in [0.15, 0.2) is 6.33 Å². The first-order valence-electron chi connectivity index (χ1n) is 5.79. The van der Waals surface area contributed by atoms with Crippen LogP contribution in [0.4, 0.5) is 5.82 Å². The number of hydrogen-bond acceptors (Lipinski definition) is 4. The molecule has 0 radical (unpaired) electrons. The molecule has 2 heterocycles. The summed E-state index contributed by atoms with van der Waals surface area (Å²) in [5.41, 5.74) is 0.944. The molecule has 0 N–H and O–H groups in total. The van der Waals surface area contributed by atoms with Crippen molar-refractivity contribution in [2.24, 2.45) is 0 Å². The molecule has 0 aliphatic heterocycles. The zero-order valence-electron chi connectivity index (χ0n) is 10.3. The second-order valence-electron chi connectivity index (χ2n) is 3.90. The van der Waals surface area contributed by atoms with Gasteiger partial charge in [0.2, 0.25) is 0 Å². The molecule has 0 amide bonds. The Labute approximate surface area is 105 Å². The highest BCUT2D eigenvalue weighted by Crippen LogP contribution is 2.25. The SMILES string of the molecule is CCCN(CC)c1c(C)c(Cl)nc2ncnn12. The van der Waals surface area contributed by atoms with Crippen molar-refractivity contribution in [2.45, 2.75) is 27.2 Å². The maximum Gasteiger partial charge on any atom is 0.255 e. The molecule has 5 nitrogen and oxygen atoms in total. The minimum Gasteiger partial charge on any atom is -0.356 e. The lowest BCUT2D eigenvalue weighted by Gasteiger charge is -2.24. The van der Waals surface area contributed by atoms with Crippen molar-refractivity contribution >= 4 is 23.2 Å². The summed E-state index contributed by atoms with van der Waals surface area (Å²) in [5.74, 6) is 1.53. The van der Waals surface area contributed by atoms with Crippen LogP contribution in [0, 0.1) is 6.92 Å². The van der Waals surface area contributed by atoms with E-state index in [9.17, 15) is 0 Å². The number of halogens is 1. The summed E-state index contributed by atoms with van der Waals surface area (Å²) in [7, 11) is 0. The van der Waals surface area contributed by atoms with Crippen molar-refractivity contribution in [1.82, 2.24) is 19.6 Å². The van der Waals surface area contributed by atoms with E-state index in [1.165, 1.54) is 6.33 Å². The summed E-state index contributed by atoms with van der Waals surface area (Å²) in [6.45, 7) is 8.10. The van der Waals surface area contributed by atoms with E-state index in [0.29, 0.717) is 10.9 Å². The smallest absolute Gasteiger partial charge is 0.255 e. The standard InChI is InChI=1S/C11H16ClN5/c1-4-6-16(5-2)10-8(3)9(12)15-11-13-7-14-17(10)11/h7H,4-6H2,1-3H3. The molecule has 92 valence electrons. The molecule has 17 heavy (non-hydrogen) atoms. The van der Waals surface area contributed by atoms with Crippen LogP contribution in [-0.2, 0) is 0 Å². The van der Waals surface area contributed by atoms with Crippen LogP contribution in [-0.4, -0.2) is 32.7 Å². The van der Waals surface area contributed by atoms with Crippen LogP contribution < -0.4 is 4.90 Å². The van der Waals surface area contributed by atoms with Crippen LogP contribution in [0.25, 0.3) is 5.78 Å². The van der Waals surface area contributed by atoms with Gasteiger partial charge in [0.15, 0.2) is 0 Å². The van der Waals surface area contributed by atoms with Crippen molar-refractivity contribution in [2.75, 3.05) is 18.0 Å². The van der Waals surface area contributed by atoms with Crippen LogP contribution >= 0.6 is 11.6 Å². The molecule has 0 saturated carbocycles. The summed E-state index contributed by atoms with van der Waals surface area (Å²) in [6.07, 6.45) is 2.57. The van der Waals surface area contributed by atoms with Crippen molar-refractivity contribution in [3.8, 4) is 0 Å². The van der Waals surface area contributed by atoms with Crippen LogP contribution in [0.5, 0.6) is 0 Å². The van der Waals surface area contributed by atoms with Gasteiger partial charge in [0.25, 0.3) is 5.78 Å². The van der Waals surface area contributed by atoms with Gasteiger partial charge in [-0.3, -0.25) is 0 Å². The molecule has 0 unspecified atom stereocenters. The maximum atomic E-state index is 6.13. The monoisotopic (exact) mass is 253 g/mol. The van der Waals surface area contributed by atoms with Gasteiger partial charge in [-0.25, -0.2) is 0 Å². The number of hydrogen-bond donors (Lipinski definition) is 0. The van der Waals surface area contributed by atoms with Gasteiger partial charge < -0.3 is 4.90 Å². The molecule has 0 aliphatic carbocycles. The largest absolute Gasteiger partial charge is 0.356 e. The van der Waals surface area contributed by atoms with E-state index < -0.39 is 0 Å². The Balaban J connectivity index is 2.63. The fourth-order valence-corrected chi connectivity index (χ4v) is 2.10. The van der Waals surface area contributed by atoms with Crippen molar-refractivity contribution in [1.29, 1.82) is 0 Å². The fourth-order valence-electron chi connectivity index (χ4n) is 1.94. The average molecular weight is 254 g/mol. The van der Waals surface area contributed by atoms with Gasteiger partial charge >= 0.3 is 0 Å². The van der Waals surface area contributed by atoms with E-state index in [1.807, 2.05) is 6.92 Å². The predicted octanol–water partition coefficient (Wildman–Crippen LogP) is 2.32. The number of rotatable bonds is 4. The van der Waals surface area contributed by atoms with E-state index in [1.54, 1.807) is 4.52 Å². The Hall–Kier alpha value is -1.36. The van der Waals surface area contributed by atoms with Gasteiger partial charge in [0, 0.05) is 18.7 Å². The summed E-state index contributed by atoms with van der Waals surface area (Å²) in [6, 6.07) is 0. The summed E-state index contributed by atoms with van der Waals surface area (Å²) >= 11 is 6.13. The molecule has 0 aromatic carbocycles. The highest BCUT2D eigenvalue weighted by atomic mass is 35.5. The Bertz CT molecular complexity index is 522. The zero-order chi connectivity index (χ0) is 12.4. The molecule has 0 saturated heterocycles. The van der Waals surface area contributed by atoms with Gasteiger partial charge in [-0.2, -0.15) is 19.6 Å². The van der Waals surface area contributed by atoms with Crippen molar-refractivity contribution in [3.63, 3.8) is 0 Å². The number of aromatic nitrogens is 4. The summed E-state index contributed by atoms with van der Waals surface area (Å²) in [4.78, 5) is 10.5. The zero-order valence-corrected chi connectivity index (χ0v) is 11.1. The second kappa shape index (κ2) is 4.87. The van der Waals surface area contributed by atoms with Crippen molar-refractivity contribution < 1.29 is 0 Å². The third-order valence-corrected chi connectivity index (χ3v) is 3.12. The fraction of sp³-hybridized carbons (Fsp3) is 0.545. The predicted molar refractivity (Wildman–Crippen MR) is 68.7 cm³/mol. The molecular formula is C11H16ClN5. The third-order valence-electron chi connectivity index (χ3n) is 2.75. The van der Waals surface area contributed by atoms with Gasteiger partial charge in [0.1, 0.15) is 17.3 Å². The third kappa shape index (κ3) is 2.07. The lowest BCUT2D eigenvalue weighted by Crippen LogP contribution is -2.27. The van der Waals surface area contributed by atoms with E-state index >= 15 is 0 Å². The average Bonchev–Trinajstić information content (AvgIpc) is 2.76. The molecule has 2 aromatic rings. The first-order chi connectivity index (χ1) is 8.19. The molecule has 0 fully saturated rings. The Morgan fingerprint density at radius 2 is 2.18 bits per heavy atom. The lowest BCUT2D eigenvalue weighted by molar-refractivity contribution is 0.747. The molecule has 2 aromatic heterocycles. The minimum atomic E-state index is 0.495. The van der Waals surface area contributed by atoms with E-state index in [2.05, 4.69) is 33.8 Å². The highest BCUT2D eigenvalue weighted by Gasteiger charge is 2.16. The number of anilines is 1. The highest BCUT2D eigenvalue weighted by molar-refractivity contribution is 6.30. The first-order valence-corrected chi connectivity index (χ1v) is 6.17. The minimum absolute atomic E-state index is 0.495. The lowest BCUT2D eigenvalue weighted by atomic mass is 10.3. The molecule has 0 bridgehead atoms. The van der Waals surface area contributed by atoms with Gasteiger partial charge in [-0.15, -0.1) is 0 Å². The quantitative estimate of drug-likeness (QED) is 0.785. The molecular weight excluding hydrogens is 238 g/mol. The Kier molecular flexibility index (Phi) is 3.47.